The Kier molecular flexibility index (Phi) is 7.24. The van der Waals surface area contributed by atoms with Gasteiger partial charge in [0, 0.05) is 12.1 Å². The molecule has 0 saturated carbocycles. The average Bonchev–Trinajstić information content (AvgIpc) is 2.63. The van der Waals surface area contributed by atoms with Crippen molar-refractivity contribution in [1.82, 2.24) is 5.32 Å². The van der Waals surface area contributed by atoms with Crippen molar-refractivity contribution in [2.45, 2.75) is 44.6 Å². The normalized spacial score (nSPS) is 11.3. The third-order valence-electron chi connectivity index (χ3n) is 3.72. The first-order chi connectivity index (χ1) is 12.8. The van der Waals surface area contributed by atoms with Crippen LogP contribution in [0.15, 0.2) is 53.4 Å². The van der Waals surface area contributed by atoms with Crippen molar-refractivity contribution >= 4 is 21.6 Å². The predicted octanol–water partition coefficient (Wildman–Crippen LogP) is 3.80. The number of rotatable bonds is 9. The number of para-hydroxylation sites is 2. The van der Waals surface area contributed by atoms with E-state index in [0.717, 1.165) is 12.8 Å². The first-order valence-electron chi connectivity index (χ1n) is 9.00. The summed E-state index contributed by atoms with van der Waals surface area (Å²) in [6.45, 7) is 6.33. The molecule has 7 heteroatoms. The molecule has 2 rings (SSSR count). The van der Waals surface area contributed by atoms with Crippen LogP contribution in [0.5, 0.6) is 5.75 Å². The second-order valence-corrected chi connectivity index (χ2v) is 8.09. The molecule has 0 bridgehead atoms. The Labute approximate surface area is 161 Å². The highest BCUT2D eigenvalue weighted by Gasteiger charge is 2.18. The van der Waals surface area contributed by atoms with Crippen LogP contribution in [0, 0.1) is 0 Å². The highest BCUT2D eigenvalue weighted by Crippen LogP contribution is 2.27. The Morgan fingerprint density at radius 2 is 1.85 bits per heavy atom. The van der Waals surface area contributed by atoms with Gasteiger partial charge in [0.15, 0.2) is 0 Å². The zero-order valence-corrected chi connectivity index (χ0v) is 16.7. The summed E-state index contributed by atoms with van der Waals surface area (Å²) in [4.78, 5) is 12.2. The fourth-order valence-corrected chi connectivity index (χ4v) is 3.51. The number of sulfonamides is 1. The van der Waals surface area contributed by atoms with Crippen molar-refractivity contribution in [2.75, 3.05) is 11.3 Å². The third kappa shape index (κ3) is 5.99. The third-order valence-corrected chi connectivity index (χ3v) is 5.08. The minimum Gasteiger partial charge on any atom is -0.489 e. The molecule has 0 aromatic heterocycles. The lowest BCUT2D eigenvalue weighted by atomic mass is 10.2. The molecule has 0 spiro atoms. The Morgan fingerprint density at radius 3 is 2.56 bits per heavy atom. The lowest BCUT2D eigenvalue weighted by Gasteiger charge is -2.16. The predicted molar refractivity (Wildman–Crippen MR) is 107 cm³/mol. The molecule has 0 saturated heterocycles. The van der Waals surface area contributed by atoms with Crippen molar-refractivity contribution in [3.05, 3.63) is 54.1 Å². The van der Waals surface area contributed by atoms with Crippen LogP contribution >= 0.6 is 0 Å². The molecule has 2 aromatic carbocycles. The maximum atomic E-state index is 12.8. The number of hydrogen-bond donors (Lipinski definition) is 2. The van der Waals surface area contributed by atoms with Crippen molar-refractivity contribution in [1.29, 1.82) is 0 Å². The molecule has 1 amide bonds. The monoisotopic (exact) mass is 390 g/mol. The molecule has 0 aliphatic rings. The van der Waals surface area contributed by atoms with E-state index >= 15 is 0 Å². The van der Waals surface area contributed by atoms with Crippen LogP contribution in [0.4, 0.5) is 5.69 Å². The van der Waals surface area contributed by atoms with E-state index in [4.69, 9.17) is 4.74 Å². The largest absolute Gasteiger partial charge is 0.489 e. The zero-order chi connectivity index (χ0) is 19.9. The van der Waals surface area contributed by atoms with Crippen LogP contribution in [0.25, 0.3) is 0 Å². The van der Waals surface area contributed by atoms with Gasteiger partial charge in [-0.15, -0.1) is 0 Å². The topological polar surface area (TPSA) is 84.5 Å². The first-order valence-corrected chi connectivity index (χ1v) is 10.5. The van der Waals surface area contributed by atoms with E-state index in [1.54, 1.807) is 36.4 Å². The van der Waals surface area contributed by atoms with Crippen LogP contribution in [-0.4, -0.2) is 27.0 Å². The first kappa shape index (κ1) is 20.8. The molecule has 2 N–H and O–H groups in total. The van der Waals surface area contributed by atoms with Gasteiger partial charge in [-0.05, 0) is 50.6 Å². The van der Waals surface area contributed by atoms with E-state index in [-0.39, 0.29) is 16.9 Å². The van der Waals surface area contributed by atoms with E-state index in [0.29, 0.717) is 23.5 Å². The fourth-order valence-electron chi connectivity index (χ4n) is 2.40. The molecule has 0 heterocycles. The number of unbranched alkanes of at least 4 members (excludes halogenated alkanes) is 1. The van der Waals surface area contributed by atoms with Gasteiger partial charge in [0.1, 0.15) is 5.75 Å². The number of ether oxygens (including phenoxy) is 1. The molecule has 0 unspecified atom stereocenters. The lowest BCUT2D eigenvalue weighted by molar-refractivity contribution is 0.0953. The Balaban J connectivity index is 2.23. The maximum absolute atomic E-state index is 12.8. The second-order valence-electron chi connectivity index (χ2n) is 6.41. The van der Waals surface area contributed by atoms with Gasteiger partial charge in [0.05, 0.1) is 16.7 Å². The van der Waals surface area contributed by atoms with Gasteiger partial charge in [-0.3, -0.25) is 9.52 Å². The molecule has 0 atom stereocenters. The van der Waals surface area contributed by atoms with E-state index in [2.05, 4.69) is 10.0 Å². The van der Waals surface area contributed by atoms with E-state index in [1.807, 2.05) is 20.8 Å². The summed E-state index contributed by atoms with van der Waals surface area (Å²) in [6, 6.07) is 12.8. The average molecular weight is 391 g/mol. The van der Waals surface area contributed by atoms with E-state index in [1.165, 1.54) is 12.1 Å². The Morgan fingerprint density at radius 1 is 1.11 bits per heavy atom. The number of carbonyl (C=O) groups is 1. The molecule has 6 nitrogen and oxygen atoms in total. The van der Waals surface area contributed by atoms with Crippen LogP contribution in [-0.2, 0) is 10.0 Å². The number of amides is 1. The summed E-state index contributed by atoms with van der Waals surface area (Å²) in [5.74, 6) is 0.161. The number of anilines is 1. The van der Waals surface area contributed by atoms with Crippen molar-refractivity contribution in [2.24, 2.45) is 0 Å². The number of benzene rings is 2. The van der Waals surface area contributed by atoms with Crippen molar-refractivity contribution in [3.63, 3.8) is 0 Å². The Bertz CT molecular complexity index is 879. The van der Waals surface area contributed by atoms with Crippen LogP contribution in [0.3, 0.4) is 0 Å². The minimum absolute atomic E-state index is 0.0185. The quantitative estimate of drug-likeness (QED) is 0.638. The van der Waals surface area contributed by atoms with Crippen molar-refractivity contribution in [3.8, 4) is 5.75 Å². The summed E-state index contributed by atoms with van der Waals surface area (Å²) < 4.78 is 33.7. The standard InChI is InChI=1S/C20H26N2O4S/c1-4-5-13-21-20(23)16-9-8-10-17(14-16)27(24,25)22-18-11-6-7-12-19(18)26-15(2)3/h6-12,14-15,22H,4-5,13H2,1-3H3,(H,21,23). The molecule has 27 heavy (non-hydrogen) atoms. The van der Waals surface area contributed by atoms with Crippen LogP contribution in [0.1, 0.15) is 44.0 Å². The van der Waals surface area contributed by atoms with E-state index < -0.39 is 10.0 Å². The maximum Gasteiger partial charge on any atom is 0.262 e. The highest BCUT2D eigenvalue weighted by molar-refractivity contribution is 7.92. The summed E-state index contributed by atoms with van der Waals surface area (Å²) in [7, 11) is -3.86. The van der Waals surface area contributed by atoms with Crippen LogP contribution in [0.2, 0.25) is 0 Å². The summed E-state index contributed by atoms with van der Waals surface area (Å²) in [5, 5.41) is 2.78. The fraction of sp³-hybridized carbons (Fsp3) is 0.350. The molecular formula is C20H26N2O4S. The molecule has 0 aliphatic carbocycles. The highest BCUT2D eigenvalue weighted by atomic mass is 32.2. The number of hydrogen-bond acceptors (Lipinski definition) is 4. The van der Waals surface area contributed by atoms with Gasteiger partial charge in [-0.25, -0.2) is 8.42 Å². The summed E-state index contributed by atoms with van der Waals surface area (Å²) in [5.41, 5.74) is 0.657. The number of nitrogens with one attached hydrogen (secondary N) is 2. The molecule has 2 aromatic rings. The molecule has 0 radical (unpaired) electrons. The van der Waals surface area contributed by atoms with Gasteiger partial charge in [0.25, 0.3) is 15.9 Å². The SMILES string of the molecule is CCCCNC(=O)c1cccc(S(=O)(=O)Nc2ccccc2OC(C)C)c1. The smallest absolute Gasteiger partial charge is 0.262 e. The lowest BCUT2D eigenvalue weighted by Crippen LogP contribution is -2.24. The zero-order valence-electron chi connectivity index (χ0n) is 15.9. The summed E-state index contributed by atoms with van der Waals surface area (Å²) in [6.07, 6.45) is 1.75. The summed E-state index contributed by atoms with van der Waals surface area (Å²) >= 11 is 0. The van der Waals surface area contributed by atoms with E-state index in [9.17, 15) is 13.2 Å². The Hall–Kier alpha value is -2.54. The molecule has 0 fully saturated rings. The minimum atomic E-state index is -3.86. The molecule has 146 valence electrons. The van der Waals surface area contributed by atoms with Crippen LogP contribution < -0.4 is 14.8 Å². The molecule has 0 aliphatic heterocycles. The second kappa shape index (κ2) is 9.41. The van der Waals surface area contributed by atoms with Gasteiger partial charge < -0.3 is 10.1 Å². The number of carbonyl (C=O) groups excluding carboxylic acids is 1. The van der Waals surface area contributed by atoms with Gasteiger partial charge in [-0.2, -0.15) is 0 Å². The molecular weight excluding hydrogens is 364 g/mol. The van der Waals surface area contributed by atoms with Crippen molar-refractivity contribution < 1.29 is 17.9 Å². The van der Waals surface area contributed by atoms with Gasteiger partial charge >= 0.3 is 0 Å². The van der Waals surface area contributed by atoms with Gasteiger partial charge in [-0.1, -0.05) is 31.5 Å². The van der Waals surface area contributed by atoms with Gasteiger partial charge in [0.2, 0.25) is 0 Å².